The Morgan fingerprint density at radius 1 is 1.28 bits per heavy atom. The summed E-state index contributed by atoms with van der Waals surface area (Å²) in [7, 11) is 0. The zero-order chi connectivity index (χ0) is 20.3. The number of nitrogens with one attached hydrogen (secondary N) is 2. The first-order valence-corrected chi connectivity index (χ1v) is 10.3. The zero-order valence-electron chi connectivity index (χ0n) is 16.4. The standard InChI is InChI=1S/C21H27N3O5/c25-18(22-12-15-4-3-11-28-15)13-24-10-9-21(8-7-19(24)26)14-23-20(27)16-5-1-2-6-17(16)29-21/h1-2,5-6,15H,3-4,7-14H2,(H,22,25)(H,23,27)/t15-,21-/m0/s1. The molecule has 0 radical (unpaired) electrons. The van der Waals surface area contributed by atoms with Gasteiger partial charge in [0.1, 0.15) is 11.4 Å². The molecule has 3 amide bonds. The van der Waals surface area contributed by atoms with Crippen LogP contribution in [-0.4, -0.2) is 67.1 Å². The normalized spacial score (nSPS) is 26.9. The van der Waals surface area contributed by atoms with Crippen LogP contribution in [0.3, 0.4) is 0 Å². The molecule has 4 rings (SSSR count). The predicted octanol–water partition coefficient (Wildman–Crippen LogP) is 0.855. The van der Waals surface area contributed by atoms with Crippen molar-refractivity contribution < 1.29 is 23.9 Å². The molecule has 1 aromatic carbocycles. The van der Waals surface area contributed by atoms with Crippen LogP contribution in [0, 0.1) is 0 Å². The Bertz CT molecular complexity index is 792. The molecule has 0 unspecified atom stereocenters. The Balaban J connectivity index is 1.38. The van der Waals surface area contributed by atoms with Crippen LogP contribution in [0.2, 0.25) is 0 Å². The van der Waals surface area contributed by atoms with Crippen molar-refractivity contribution in [2.24, 2.45) is 0 Å². The number of hydrogen-bond donors (Lipinski definition) is 2. The number of benzene rings is 1. The van der Waals surface area contributed by atoms with Crippen LogP contribution < -0.4 is 15.4 Å². The fourth-order valence-corrected chi connectivity index (χ4v) is 4.14. The van der Waals surface area contributed by atoms with E-state index in [1.807, 2.05) is 6.07 Å². The lowest BCUT2D eigenvalue weighted by Gasteiger charge is -2.32. The zero-order valence-corrected chi connectivity index (χ0v) is 16.4. The van der Waals surface area contributed by atoms with Gasteiger partial charge in [-0.25, -0.2) is 0 Å². The molecule has 8 heteroatoms. The molecule has 8 nitrogen and oxygen atoms in total. The summed E-state index contributed by atoms with van der Waals surface area (Å²) in [6.45, 7) is 2.01. The fraction of sp³-hybridized carbons (Fsp3) is 0.571. The second-order valence-corrected chi connectivity index (χ2v) is 7.97. The molecule has 0 aliphatic carbocycles. The first-order chi connectivity index (χ1) is 14.0. The molecule has 3 heterocycles. The lowest BCUT2D eigenvalue weighted by atomic mass is 9.94. The minimum atomic E-state index is -0.652. The first-order valence-electron chi connectivity index (χ1n) is 10.3. The highest BCUT2D eigenvalue weighted by Crippen LogP contribution is 2.33. The fourth-order valence-electron chi connectivity index (χ4n) is 4.14. The monoisotopic (exact) mass is 401 g/mol. The highest BCUT2D eigenvalue weighted by Gasteiger charge is 2.40. The smallest absolute Gasteiger partial charge is 0.255 e. The molecule has 2 atom stereocenters. The molecule has 1 spiro atoms. The Kier molecular flexibility index (Phi) is 5.71. The van der Waals surface area contributed by atoms with Gasteiger partial charge in [0, 0.05) is 32.5 Å². The van der Waals surface area contributed by atoms with E-state index >= 15 is 0 Å². The molecule has 3 aliphatic heterocycles. The van der Waals surface area contributed by atoms with E-state index < -0.39 is 5.60 Å². The van der Waals surface area contributed by atoms with Crippen LogP contribution in [0.4, 0.5) is 0 Å². The summed E-state index contributed by atoms with van der Waals surface area (Å²) in [5, 5.41) is 5.79. The van der Waals surface area contributed by atoms with Crippen molar-refractivity contribution >= 4 is 17.7 Å². The number of hydrogen-bond acceptors (Lipinski definition) is 5. The molecule has 29 heavy (non-hydrogen) atoms. The van der Waals surface area contributed by atoms with Gasteiger partial charge in [0.2, 0.25) is 11.8 Å². The Morgan fingerprint density at radius 2 is 2.14 bits per heavy atom. The van der Waals surface area contributed by atoms with Gasteiger partial charge in [0.25, 0.3) is 5.91 Å². The van der Waals surface area contributed by atoms with E-state index in [2.05, 4.69) is 10.6 Å². The number of ether oxygens (including phenoxy) is 2. The number of fused-ring (bicyclic) bond motifs is 1. The molecule has 1 aromatic rings. The third-order valence-electron chi connectivity index (χ3n) is 5.90. The molecule has 2 N–H and O–H groups in total. The van der Waals surface area contributed by atoms with Gasteiger partial charge >= 0.3 is 0 Å². The third kappa shape index (κ3) is 4.53. The number of likely N-dealkylation sites (tertiary alicyclic amines) is 1. The lowest BCUT2D eigenvalue weighted by Crippen LogP contribution is -2.46. The van der Waals surface area contributed by atoms with Gasteiger partial charge in [-0.3, -0.25) is 14.4 Å². The summed E-state index contributed by atoms with van der Waals surface area (Å²) < 4.78 is 11.8. The van der Waals surface area contributed by atoms with Crippen LogP contribution in [-0.2, 0) is 14.3 Å². The molecule has 0 saturated carbocycles. The van der Waals surface area contributed by atoms with E-state index in [9.17, 15) is 14.4 Å². The lowest BCUT2D eigenvalue weighted by molar-refractivity contribution is -0.135. The van der Waals surface area contributed by atoms with Crippen LogP contribution in [0.25, 0.3) is 0 Å². The average molecular weight is 401 g/mol. The van der Waals surface area contributed by atoms with E-state index in [4.69, 9.17) is 9.47 Å². The van der Waals surface area contributed by atoms with Crippen LogP contribution in [0.5, 0.6) is 5.75 Å². The molecule has 3 aliphatic rings. The first kappa shape index (κ1) is 19.7. The molecule has 156 valence electrons. The summed E-state index contributed by atoms with van der Waals surface area (Å²) >= 11 is 0. The molecule has 0 aromatic heterocycles. The summed E-state index contributed by atoms with van der Waals surface area (Å²) in [4.78, 5) is 38.8. The second-order valence-electron chi connectivity index (χ2n) is 7.97. The van der Waals surface area contributed by atoms with Crippen molar-refractivity contribution in [2.75, 3.05) is 32.8 Å². The van der Waals surface area contributed by atoms with Crippen molar-refractivity contribution in [3.8, 4) is 5.75 Å². The summed E-state index contributed by atoms with van der Waals surface area (Å²) in [6.07, 6.45) is 3.37. The maximum absolute atomic E-state index is 12.6. The number of amides is 3. The van der Waals surface area contributed by atoms with Gasteiger partial charge < -0.3 is 25.0 Å². The van der Waals surface area contributed by atoms with Gasteiger partial charge in [-0.1, -0.05) is 12.1 Å². The molecular weight excluding hydrogens is 374 g/mol. The highest BCUT2D eigenvalue weighted by molar-refractivity contribution is 5.97. The number of nitrogens with zero attached hydrogens (tertiary/aromatic N) is 1. The molecule has 2 saturated heterocycles. The maximum atomic E-state index is 12.6. The van der Waals surface area contributed by atoms with Gasteiger partial charge in [0.05, 0.1) is 24.8 Å². The minimum absolute atomic E-state index is 0.0323. The third-order valence-corrected chi connectivity index (χ3v) is 5.90. The van der Waals surface area contributed by atoms with Gasteiger partial charge in [-0.05, 0) is 31.4 Å². The van der Waals surface area contributed by atoms with Crippen molar-refractivity contribution in [3.05, 3.63) is 29.8 Å². The summed E-state index contributed by atoms with van der Waals surface area (Å²) in [5.74, 6) is 0.128. The number of carbonyl (C=O) groups excluding carboxylic acids is 3. The van der Waals surface area contributed by atoms with E-state index in [1.54, 1.807) is 23.1 Å². The van der Waals surface area contributed by atoms with Crippen molar-refractivity contribution in [3.63, 3.8) is 0 Å². The number of para-hydroxylation sites is 1. The van der Waals surface area contributed by atoms with Gasteiger partial charge in [-0.15, -0.1) is 0 Å². The number of carbonyl (C=O) groups is 3. The largest absolute Gasteiger partial charge is 0.485 e. The number of rotatable bonds is 4. The van der Waals surface area contributed by atoms with Crippen LogP contribution in [0.15, 0.2) is 24.3 Å². The Morgan fingerprint density at radius 3 is 2.97 bits per heavy atom. The van der Waals surface area contributed by atoms with Crippen LogP contribution in [0.1, 0.15) is 42.5 Å². The second kappa shape index (κ2) is 8.41. The Labute approximate surface area is 169 Å². The quantitative estimate of drug-likeness (QED) is 0.780. The van der Waals surface area contributed by atoms with E-state index in [0.717, 1.165) is 19.4 Å². The molecular formula is C21H27N3O5. The van der Waals surface area contributed by atoms with Crippen molar-refractivity contribution in [1.82, 2.24) is 15.5 Å². The SMILES string of the molecule is O=C(CN1CC[C@@]2(CCC1=O)CNC(=O)c1ccccc1O2)NC[C@@H]1CCCO1. The highest BCUT2D eigenvalue weighted by atomic mass is 16.5. The summed E-state index contributed by atoms with van der Waals surface area (Å²) in [5.41, 5.74) is -0.147. The van der Waals surface area contributed by atoms with Crippen molar-refractivity contribution in [2.45, 2.75) is 43.8 Å². The molecule has 0 bridgehead atoms. The Hall–Kier alpha value is -2.61. The van der Waals surface area contributed by atoms with Crippen LogP contribution >= 0.6 is 0 Å². The van der Waals surface area contributed by atoms with Gasteiger partial charge in [0.15, 0.2) is 0 Å². The minimum Gasteiger partial charge on any atom is -0.485 e. The topological polar surface area (TPSA) is 97.0 Å². The maximum Gasteiger partial charge on any atom is 0.255 e. The molecule has 2 fully saturated rings. The van der Waals surface area contributed by atoms with E-state index in [0.29, 0.717) is 43.8 Å². The van der Waals surface area contributed by atoms with Crippen molar-refractivity contribution in [1.29, 1.82) is 0 Å². The summed E-state index contributed by atoms with van der Waals surface area (Å²) in [6, 6.07) is 7.15. The van der Waals surface area contributed by atoms with Gasteiger partial charge in [-0.2, -0.15) is 0 Å². The average Bonchev–Trinajstić information content (AvgIpc) is 3.15. The van der Waals surface area contributed by atoms with E-state index in [-0.39, 0.29) is 36.8 Å². The van der Waals surface area contributed by atoms with E-state index in [1.165, 1.54) is 0 Å². The predicted molar refractivity (Wildman–Crippen MR) is 105 cm³/mol.